The van der Waals surface area contributed by atoms with Crippen LogP contribution >= 0.6 is 0 Å². The van der Waals surface area contributed by atoms with Crippen molar-refractivity contribution >= 4 is 12.7 Å². The lowest BCUT2D eigenvalue weighted by molar-refractivity contribution is -0.136. The fourth-order valence-electron chi connectivity index (χ4n) is 1.37. The molecule has 0 fully saturated rings. The third-order valence-corrected chi connectivity index (χ3v) is 2.22. The minimum Gasteiger partial charge on any atom is -0.497 e. The average Bonchev–Trinajstić information content (AvgIpc) is 2.37. The van der Waals surface area contributed by atoms with Crippen LogP contribution in [-0.2, 0) is 16.1 Å². The van der Waals surface area contributed by atoms with E-state index < -0.39 is 5.97 Å². The number of carbonyl (C=O) groups is 1. The van der Waals surface area contributed by atoms with Gasteiger partial charge in [0.1, 0.15) is 11.5 Å². The molecule has 1 rings (SSSR count). The zero-order valence-corrected chi connectivity index (χ0v) is 10.1. The second-order valence-electron chi connectivity index (χ2n) is 3.51. The van der Waals surface area contributed by atoms with Gasteiger partial charge in [0.15, 0.2) is 0 Å². The highest BCUT2D eigenvalue weighted by Gasteiger charge is 2.03. The van der Waals surface area contributed by atoms with Gasteiger partial charge in [-0.25, -0.2) is 0 Å². The lowest BCUT2D eigenvalue weighted by atomic mass is 10.1. The van der Waals surface area contributed by atoms with E-state index in [0.717, 1.165) is 11.3 Å². The van der Waals surface area contributed by atoms with Crippen LogP contribution in [0.1, 0.15) is 12.0 Å². The Labute approximate surface area is 105 Å². The molecule has 0 aliphatic heterocycles. The van der Waals surface area contributed by atoms with E-state index in [1.807, 2.05) is 24.3 Å². The Morgan fingerprint density at radius 3 is 2.61 bits per heavy atom. The summed E-state index contributed by atoms with van der Waals surface area (Å²) in [6.07, 6.45) is 1.82. The smallest absolute Gasteiger partial charge is 0.307 e. The molecule has 0 aromatic heterocycles. The molecule has 0 saturated heterocycles. The molecule has 0 bridgehead atoms. The van der Waals surface area contributed by atoms with Gasteiger partial charge in [0, 0.05) is 13.1 Å². The van der Waals surface area contributed by atoms with Gasteiger partial charge in [0.25, 0.3) is 0 Å². The molecule has 18 heavy (non-hydrogen) atoms. The third kappa shape index (κ3) is 4.69. The van der Waals surface area contributed by atoms with E-state index in [-0.39, 0.29) is 6.42 Å². The molecule has 0 amide bonds. The number of allylic oxidation sites excluding steroid dienone is 1. The highest BCUT2D eigenvalue weighted by atomic mass is 16.6. The second kappa shape index (κ2) is 7.11. The van der Waals surface area contributed by atoms with E-state index in [9.17, 15) is 4.79 Å². The summed E-state index contributed by atoms with van der Waals surface area (Å²) in [6, 6.07) is 7.40. The summed E-state index contributed by atoms with van der Waals surface area (Å²) in [7, 11) is 1.60. The topological polar surface area (TPSA) is 68.1 Å². The molecular weight excluding hydrogens is 234 g/mol. The molecule has 5 nitrogen and oxygen atoms in total. The summed E-state index contributed by atoms with van der Waals surface area (Å²) in [4.78, 5) is 15.4. The average molecular weight is 249 g/mol. The molecule has 0 unspecified atom stereocenters. The van der Waals surface area contributed by atoms with Crippen molar-refractivity contribution in [2.24, 2.45) is 5.16 Å². The Balaban J connectivity index is 2.72. The Kier molecular flexibility index (Phi) is 5.44. The van der Waals surface area contributed by atoms with E-state index in [2.05, 4.69) is 11.9 Å². The highest BCUT2D eigenvalue weighted by Crippen LogP contribution is 2.15. The molecule has 0 atom stereocenters. The van der Waals surface area contributed by atoms with E-state index >= 15 is 0 Å². The number of benzene rings is 1. The first kappa shape index (κ1) is 13.8. The number of aliphatic carboxylic acids is 1. The van der Waals surface area contributed by atoms with Gasteiger partial charge in [-0.3, -0.25) is 4.79 Å². The first-order chi connectivity index (χ1) is 8.65. The van der Waals surface area contributed by atoms with Crippen LogP contribution < -0.4 is 4.74 Å². The number of oxime groups is 1. The molecule has 1 N–H and O–H groups in total. The number of carboxylic acids is 1. The molecule has 0 aliphatic carbocycles. The number of rotatable bonds is 7. The summed E-state index contributed by atoms with van der Waals surface area (Å²) in [6.45, 7) is 3.22. The highest BCUT2D eigenvalue weighted by molar-refractivity contribution is 5.68. The van der Waals surface area contributed by atoms with Crippen molar-refractivity contribution in [2.75, 3.05) is 7.11 Å². The van der Waals surface area contributed by atoms with Crippen LogP contribution in [0.15, 0.2) is 41.3 Å². The van der Waals surface area contributed by atoms with Gasteiger partial charge >= 0.3 is 5.97 Å². The molecule has 0 radical (unpaired) electrons. The van der Waals surface area contributed by atoms with Crippen LogP contribution in [0.2, 0.25) is 0 Å². The van der Waals surface area contributed by atoms with Crippen LogP contribution in [0.25, 0.3) is 0 Å². The molecule has 5 heteroatoms. The van der Waals surface area contributed by atoms with Crippen molar-refractivity contribution < 1.29 is 19.5 Å². The predicted molar refractivity (Wildman–Crippen MR) is 67.7 cm³/mol. The number of ether oxygens (including phenoxy) is 1. The van der Waals surface area contributed by atoms with Crippen LogP contribution in [0, 0.1) is 0 Å². The molecule has 1 aromatic carbocycles. The number of methoxy groups -OCH3 is 1. The van der Waals surface area contributed by atoms with Gasteiger partial charge in [0.2, 0.25) is 0 Å². The quantitative estimate of drug-likeness (QED) is 0.457. The van der Waals surface area contributed by atoms with E-state index in [4.69, 9.17) is 14.7 Å². The summed E-state index contributed by atoms with van der Waals surface area (Å²) in [5.41, 5.74) is 0.969. The lowest BCUT2D eigenvalue weighted by Crippen LogP contribution is -1.97. The van der Waals surface area contributed by atoms with Gasteiger partial charge in [-0.05, 0) is 23.8 Å². The Morgan fingerprint density at radius 2 is 2.11 bits per heavy atom. The maximum atomic E-state index is 10.5. The zero-order chi connectivity index (χ0) is 13.4. The normalized spacial score (nSPS) is 10.8. The number of nitrogens with zero attached hydrogens (tertiary/aromatic N) is 1. The molecule has 0 aliphatic rings. The molecular formula is C13H15NO4. The fraction of sp³-hybridized carbons (Fsp3) is 0.231. The van der Waals surface area contributed by atoms with E-state index in [1.165, 1.54) is 6.08 Å². The first-order valence-corrected chi connectivity index (χ1v) is 5.32. The van der Waals surface area contributed by atoms with Crippen molar-refractivity contribution in [2.45, 2.75) is 12.8 Å². The van der Waals surface area contributed by atoms with Crippen LogP contribution in [-0.4, -0.2) is 24.9 Å². The SMILES string of the molecule is C=NO/C(=C\CC(=O)O)Cc1ccc(OC)cc1. The van der Waals surface area contributed by atoms with Crippen molar-refractivity contribution in [3.63, 3.8) is 0 Å². The first-order valence-electron chi connectivity index (χ1n) is 5.32. The van der Waals surface area contributed by atoms with Gasteiger partial charge in [-0.15, -0.1) is 0 Å². The lowest BCUT2D eigenvalue weighted by Gasteiger charge is -2.05. The standard InChI is InChI=1S/C13H15NO4/c1-14-18-12(7-8-13(15)16)9-10-3-5-11(17-2)6-4-10/h3-7H,1,8-9H2,2H3,(H,15,16)/b12-7-. The zero-order valence-electron chi connectivity index (χ0n) is 10.1. The Bertz CT molecular complexity index is 437. The summed E-state index contributed by atoms with van der Waals surface area (Å²) < 4.78 is 5.05. The summed E-state index contributed by atoms with van der Waals surface area (Å²) in [5.74, 6) is 0.296. The molecule has 0 heterocycles. The third-order valence-electron chi connectivity index (χ3n) is 2.22. The van der Waals surface area contributed by atoms with Crippen LogP contribution in [0.5, 0.6) is 5.75 Å². The summed E-state index contributed by atoms with van der Waals surface area (Å²) >= 11 is 0. The predicted octanol–water partition coefficient (Wildman–Crippen LogP) is 2.23. The van der Waals surface area contributed by atoms with E-state index in [1.54, 1.807) is 7.11 Å². The molecule has 0 spiro atoms. The number of hydrogen-bond donors (Lipinski definition) is 1. The fourth-order valence-corrected chi connectivity index (χ4v) is 1.37. The van der Waals surface area contributed by atoms with Crippen molar-refractivity contribution in [3.8, 4) is 5.75 Å². The molecule has 96 valence electrons. The maximum Gasteiger partial charge on any atom is 0.307 e. The minimum atomic E-state index is -0.921. The summed E-state index contributed by atoms with van der Waals surface area (Å²) in [5, 5.41) is 11.9. The second-order valence-corrected chi connectivity index (χ2v) is 3.51. The van der Waals surface area contributed by atoms with E-state index in [0.29, 0.717) is 12.2 Å². The molecule has 0 saturated carbocycles. The van der Waals surface area contributed by atoms with Gasteiger partial charge < -0.3 is 14.7 Å². The van der Waals surface area contributed by atoms with Gasteiger partial charge in [-0.1, -0.05) is 17.3 Å². The maximum absolute atomic E-state index is 10.5. The van der Waals surface area contributed by atoms with Gasteiger partial charge in [0.05, 0.1) is 13.5 Å². The minimum absolute atomic E-state index is 0.110. The largest absolute Gasteiger partial charge is 0.497 e. The Morgan fingerprint density at radius 1 is 1.44 bits per heavy atom. The molecule has 1 aromatic rings. The van der Waals surface area contributed by atoms with Crippen molar-refractivity contribution in [1.82, 2.24) is 0 Å². The number of carboxylic acid groups (broad SMARTS) is 1. The monoisotopic (exact) mass is 249 g/mol. The number of hydrogen-bond acceptors (Lipinski definition) is 4. The van der Waals surface area contributed by atoms with Crippen molar-refractivity contribution in [3.05, 3.63) is 41.7 Å². The van der Waals surface area contributed by atoms with Crippen molar-refractivity contribution in [1.29, 1.82) is 0 Å². The van der Waals surface area contributed by atoms with Crippen LogP contribution in [0.4, 0.5) is 0 Å². The Hall–Kier alpha value is -2.30. The van der Waals surface area contributed by atoms with Crippen LogP contribution in [0.3, 0.4) is 0 Å². The van der Waals surface area contributed by atoms with Gasteiger partial charge in [-0.2, -0.15) is 0 Å².